The Hall–Kier alpha value is -0.690. The van der Waals surface area contributed by atoms with Gasteiger partial charge in [-0.2, -0.15) is 8.42 Å². The molecule has 0 bridgehead atoms. The third kappa shape index (κ3) is 13.2. The second-order valence-electron chi connectivity index (χ2n) is 3.83. The van der Waals surface area contributed by atoms with Gasteiger partial charge in [-0.25, -0.2) is 4.18 Å². The molecule has 0 rings (SSSR count). The first-order valence-electron chi connectivity index (χ1n) is 5.28. The first-order valence-corrected chi connectivity index (χ1v) is 6.65. The van der Waals surface area contributed by atoms with Gasteiger partial charge in [0.15, 0.2) is 0 Å². The van der Waals surface area contributed by atoms with Crippen LogP contribution in [-0.4, -0.2) is 26.1 Å². The summed E-state index contributed by atoms with van der Waals surface area (Å²) in [5.74, 6) is 0. The molecule has 17 heavy (non-hydrogen) atoms. The Morgan fingerprint density at radius 1 is 1.35 bits per heavy atom. The molecule has 0 aliphatic heterocycles. The van der Waals surface area contributed by atoms with Crippen molar-refractivity contribution in [2.45, 2.75) is 26.7 Å². The third-order valence-corrected chi connectivity index (χ3v) is 2.57. The second-order valence-corrected chi connectivity index (χ2v) is 4.93. The molecule has 6 heteroatoms. The zero-order chi connectivity index (χ0) is 13.9. The molecule has 0 aliphatic rings. The zero-order valence-corrected chi connectivity index (χ0v) is 11.4. The molecule has 3 N–H and O–H groups in total. The third-order valence-electron chi connectivity index (χ3n) is 2.03. The van der Waals surface area contributed by atoms with Gasteiger partial charge in [-0.1, -0.05) is 19.1 Å². The largest absolute Gasteiger partial charge is 0.397 e. The summed E-state index contributed by atoms with van der Waals surface area (Å²) in [6, 6.07) is 0. The first kappa shape index (κ1) is 18.7. The molecule has 0 atom stereocenters. The molecule has 0 fully saturated rings. The molecular weight excluding hydrogens is 242 g/mol. The van der Waals surface area contributed by atoms with Crippen LogP contribution in [-0.2, 0) is 14.6 Å². The molecule has 0 radical (unpaired) electrons. The van der Waals surface area contributed by atoms with Gasteiger partial charge in [-0.3, -0.25) is 4.55 Å². The van der Waals surface area contributed by atoms with Crippen LogP contribution in [0.25, 0.3) is 0 Å². The van der Waals surface area contributed by atoms with Gasteiger partial charge in [0.2, 0.25) is 0 Å². The van der Waals surface area contributed by atoms with Crippen molar-refractivity contribution in [2.75, 3.05) is 13.2 Å². The van der Waals surface area contributed by atoms with Crippen molar-refractivity contribution in [2.24, 2.45) is 11.1 Å². The lowest BCUT2D eigenvalue weighted by molar-refractivity contribution is 0.283. The maximum Gasteiger partial charge on any atom is 0.397 e. The van der Waals surface area contributed by atoms with Crippen LogP contribution in [0.5, 0.6) is 0 Å². The highest BCUT2D eigenvalue weighted by molar-refractivity contribution is 7.80. The van der Waals surface area contributed by atoms with Crippen molar-refractivity contribution >= 4 is 10.4 Å². The van der Waals surface area contributed by atoms with E-state index in [0.29, 0.717) is 6.54 Å². The Morgan fingerprint density at radius 3 is 1.88 bits per heavy atom. The average molecular weight is 265 g/mol. The molecule has 0 spiro atoms. The second kappa shape index (κ2) is 9.35. The van der Waals surface area contributed by atoms with Gasteiger partial charge in [0, 0.05) is 0 Å². The van der Waals surface area contributed by atoms with E-state index in [9.17, 15) is 8.42 Å². The minimum atomic E-state index is -4.17. The van der Waals surface area contributed by atoms with E-state index in [-0.39, 0.29) is 12.0 Å². The summed E-state index contributed by atoms with van der Waals surface area (Å²) in [7, 11) is -4.17. The fourth-order valence-electron chi connectivity index (χ4n) is 1.10. The van der Waals surface area contributed by atoms with E-state index in [1.165, 1.54) is 6.92 Å². The Balaban J connectivity index is 0. The quantitative estimate of drug-likeness (QED) is 0.542. The number of hydrogen-bond acceptors (Lipinski definition) is 4. The van der Waals surface area contributed by atoms with Gasteiger partial charge in [0.05, 0.1) is 6.61 Å². The molecule has 0 aromatic rings. The van der Waals surface area contributed by atoms with Crippen LogP contribution in [0, 0.1) is 5.41 Å². The molecule has 0 aromatic carbocycles. The maximum atomic E-state index is 9.56. The van der Waals surface area contributed by atoms with Crippen LogP contribution in [0.2, 0.25) is 0 Å². The maximum absolute atomic E-state index is 9.56. The summed E-state index contributed by atoms with van der Waals surface area (Å²) < 4.78 is 30.7. The molecule has 5 nitrogen and oxygen atoms in total. The van der Waals surface area contributed by atoms with Gasteiger partial charge in [0.25, 0.3) is 0 Å². The molecule has 0 aliphatic carbocycles. The van der Waals surface area contributed by atoms with Crippen molar-refractivity contribution in [1.82, 2.24) is 0 Å². The average Bonchev–Trinajstić information content (AvgIpc) is 2.17. The van der Waals surface area contributed by atoms with Crippen molar-refractivity contribution in [3.63, 3.8) is 0 Å². The smallest absolute Gasteiger partial charge is 0.330 e. The summed E-state index contributed by atoms with van der Waals surface area (Å²) in [5.41, 5.74) is 5.77. The van der Waals surface area contributed by atoms with Crippen LogP contribution >= 0.6 is 0 Å². The number of nitrogens with two attached hydrogens (primary N) is 1. The lowest BCUT2D eigenvalue weighted by Gasteiger charge is -2.24. The monoisotopic (exact) mass is 265 g/mol. The van der Waals surface area contributed by atoms with E-state index in [1.54, 1.807) is 0 Å². The Morgan fingerprint density at radius 2 is 1.76 bits per heavy atom. The van der Waals surface area contributed by atoms with E-state index in [2.05, 4.69) is 24.3 Å². The topological polar surface area (TPSA) is 89.6 Å². The molecule has 0 unspecified atom stereocenters. The normalized spacial score (nSPS) is 11.3. The van der Waals surface area contributed by atoms with Gasteiger partial charge < -0.3 is 5.73 Å². The lowest BCUT2D eigenvalue weighted by atomic mass is 9.84. The summed E-state index contributed by atoms with van der Waals surface area (Å²) in [6.07, 6.45) is 5.76. The van der Waals surface area contributed by atoms with E-state index in [0.717, 1.165) is 12.8 Å². The zero-order valence-electron chi connectivity index (χ0n) is 10.6. The summed E-state index contributed by atoms with van der Waals surface area (Å²) in [4.78, 5) is 0. The first-order chi connectivity index (χ1) is 7.74. The van der Waals surface area contributed by atoms with Crippen LogP contribution in [0.3, 0.4) is 0 Å². The predicted octanol–water partition coefficient (Wildman–Crippen LogP) is 1.93. The highest BCUT2D eigenvalue weighted by atomic mass is 32.3. The summed E-state index contributed by atoms with van der Waals surface area (Å²) >= 11 is 0. The van der Waals surface area contributed by atoms with Crippen molar-refractivity contribution in [3.8, 4) is 0 Å². The predicted molar refractivity (Wildman–Crippen MR) is 70.0 cm³/mol. The minimum Gasteiger partial charge on any atom is -0.330 e. The van der Waals surface area contributed by atoms with Crippen molar-refractivity contribution < 1.29 is 17.2 Å². The fourth-order valence-corrected chi connectivity index (χ4v) is 1.39. The molecule has 102 valence electrons. The SMILES string of the molecule is C=CCC(C)(CN)CC=C.CCOS(=O)(=O)O. The number of allylic oxidation sites excluding steroid dienone is 2. The minimum absolute atomic E-state index is 0.0289. The Kier molecular flexibility index (Phi) is 10.3. The number of rotatable bonds is 7. The molecule has 0 saturated heterocycles. The van der Waals surface area contributed by atoms with Crippen molar-refractivity contribution in [1.29, 1.82) is 0 Å². The van der Waals surface area contributed by atoms with Gasteiger partial charge in [-0.15, -0.1) is 13.2 Å². The molecule has 0 amide bonds. The van der Waals surface area contributed by atoms with Gasteiger partial charge in [-0.05, 0) is 31.7 Å². The summed E-state index contributed by atoms with van der Waals surface area (Å²) in [5, 5.41) is 0. The number of hydrogen-bond donors (Lipinski definition) is 2. The van der Waals surface area contributed by atoms with Crippen LogP contribution in [0.1, 0.15) is 26.7 Å². The highest BCUT2D eigenvalue weighted by Gasteiger charge is 2.17. The Bertz CT molecular complexity index is 301. The van der Waals surface area contributed by atoms with E-state index >= 15 is 0 Å². The standard InChI is InChI=1S/C9H17N.C2H6O4S/c1-4-6-9(3,8-10)7-5-2;1-2-6-7(3,4)5/h4-5H,1-2,6-8,10H2,3H3;2H2,1H3,(H,3,4,5). The molecule has 0 saturated carbocycles. The van der Waals surface area contributed by atoms with E-state index < -0.39 is 10.4 Å². The Labute approximate surface area is 104 Å². The van der Waals surface area contributed by atoms with E-state index in [1.807, 2.05) is 12.2 Å². The molecule has 0 aromatic heterocycles. The lowest BCUT2D eigenvalue weighted by Crippen LogP contribution is -2.25. The van der Waals surface area contributed by atoms with Crippen LogP contribution in [0.4, 0.5) is 0 Å². The molecule has 0 heterocycles. The van der Waals surface area contributed by atoms with Gasteiger partial charge in [0.1, 0.15) is 0 Å². The summed E-state index contributed by atoms with van der Waals surface area (Å²) in [6.45, 7) is 11.7. The fraction of sp³-hybridized carbons (Fsp3) is 0.636. The van der Waals surface area contributed by atoms with Crippen LogP contribution in [0.15, 0.2) is 25.3 Å². The van der Waals surface area contributed by atoms with Gasteiger partial charge >= 0.3 is 10.4 Å². The molecular formula is C11H23NO4S. The highest BCUT2D eigenvalue weighted by Crippen LogP contribution is 2.24. The van der Waals surface area contributed by atoms with Crippen LogP contribution < -0.4 is 5.73 Å². The van der Waals surface area contributed by atoms with E-state index in [4.69, 9.17) is 10.3 Å². The van der Waals surface area contributed by atoms with Crippen molar-refractivity contribution in [3.05, 3.63) is 25.3 Å².